The largest absolute Gasteiger partial charge is 0.444 e. The van der Waals surface area contributed by atoms with Crippen LogP contribution in [0, 0.1) is 0 Å². The van der Waals surface area contributed by atoms with Crippen LogP contribution in [0.2, 0.25) is 0 Å². The highest BCUT2D eigenvalue weighted by atomic mass is 16.6. The molecule has 1 aliphatic carbocycles. The Morgan fingerprint density at radius 3 is 2.91 bits per heavy atom. The molecule has 0 saturated heterocycles. The fourth-order valence-corrected chi connectivity index (χ4v) is 3.69. The van der Waals surface area contributed by atoms with Crippen LogP contribution in [0.4, 0.5) is 4.79 Å². The molecule has 1 spiro atoms. The molecular weight excluding hydrogens is 292 g/mol. The Hall–Kier alpha value is -1.56. The number of fused-ring (bicyclic) bond motifs is 2. The second-order valence-corrected chi connectivity index (χ2v) is 7.63. The van der Waals surface area contributed by atoms with Crippen molar-refractivity contribution in [3.63, 3.8) is 0 Å². The molecule has 2 aliphatic rings. The highest BCUT2D eigenvalue weighted by molar-refractivity contribution is 5.67. The molecule has 0 aromatic carbocycles. The zero-order chi connectivity index (χ0) is 16.5. The van der Waals surface area contributed by atoms with Crippen LogP contribution in [0.1, 0.15) is 57.8 Å². The van der Waals surface area contributed by atoms with Gasteiger partial charge in [-0.2, -0.15) is 0 Å². The van der Waals surface area contributed by atoms with Crippen molar-refractivity contribution < 1.29 is 9.53 Å². The van der Waals surface area contributed by atoms with Crippen molar-refractivity contribution in [2.75, 3.05) is 19.6 Å². The van der Waals surface area contributed by atoms with Crippen molar-refractivity contribution in [3.8, 4) is 0 Å². The number of imidazole rings is 1. The lowest BCUT2D eigenvalue weighted by atomic mass is 9.70. The second kappa shape index (κ2) is 6.15. The number of aromatic nitrogens is 2. The van der Waals surface area contributed by atoms with Crippen LogP contribution in [0.25, 0.3) is 0 Å². The summed E-state index contributed by atoms with van der Waals surface area (Å²) in [7, 11) is 0. The maximum absolute atomic E-state index is 11.7. The monoisotopic (exact) mass is 320 g/mol. The van der Waals surface area contributed by atoms with Gasteiger partial charge in [-0.15, -0.1) is 0 Å². The van der Waals surface area contributed by atoms with Crippen molar-refractivity contribution in [1.82, 2.24) is 20.2 Å². The first-order valence-corrected chi connectivity index (χ1v) is 8.65. The van der Waals surface area contributed by atoms with E-state index in [1.54, 1.807) is 0 Å². The molecule has 1 aromatic heterocycles. The summed E-state index contributed by atoms with van der Waals surface area (Å²) in [6.45, 7) is 8.34. The molecule has 0 radical (unpaired) electrons. The van der Waals surface area contributed by atoms with Gasteiger partial charge < -0.3 is 15.0 Å². The summed E-state index contributed by atoms with van der Waals surface area (Å²) in [6.07, 6.45) is 7.15. The average molecular weight is 320 g/mol. The first kappa shape index (κ1) is 16.3. The molecule has 1 aromatic rings. The lowest BCUT2D eigenvalue weighted by Gasteiger charge is -2.52. The second-order valence-electron chi connectivity index (χ2n) is 7.63. The van der Waals surface area contributed by atoms with E-state index in [1.165, 1.54) is 30.7 Å². The summed E-state index contributed by atoms with van der Waals surface area (Å²) in [5.41, 5.74) is 2.28. The van der Waals surface area contributed by atoms with Gasteiger partial charge in [-0.05, 0) is 46.5 Å². The SMILES string of the molecule is CC(C)(C)OC(=O)NCCCN1CCc2[nH]cnc2C12CCC2. The lowest BCUT2D eigenvalue weighted by Crippen LogP contribution is -2.55. The van der Waals surface area contributed by atoms with Crippen molar-refractivity contribution in [2.24, 2.45) is 0 Å². The first-order valence-electron chi connectivity index (χ1n) is 8.65. The summed E-state index contributed by atoms with van der Waals surface area (Å²) in [6, 6.07) is 0. The molecule has 1 aliphatic heterocycles. The highest BCUT2D eigenvalue weighted by Crippen LogP contribution is 2.48. The number of alkyl carbamates (subject to hydrolysis) is 1. The van der Waals surface area contributed by atoms with Crippen molar-refractivity contribution in [1.29, 1.82) is 0 Å². The summed E-state index contributed by atoms with van der Waals surface area (Å²) >= 11 is 0. The molecule has 128 valence electrons. The first-order chi connectivity index (χ1) is 10.9. The minimum atomic E-state index is -0.441. The number of carbonyl (C=O) groups excluding carboxylic acids is 1. The quantitative estimate of drug-likeness (QED) is 0.837. The van der Waals surface area contributed by atoms with Crippen molar-refractivity contribution >= 4 is 6.09 Å². The number of rotatable bonds is 4. The Labute approximate surface area is 138 Å². The van der Waals surface area contributed by atoms with Crippen LogP contribution in [-0.2, 0) is 16.7 Å². The Morgan fingerprint density at radius 1 is 1.48 bits per heavy atom. The van der Waals surface area contributed by atoms with Gasteiger partial charge in [0.15, 0.2) is 0 Å². The maximum atomic E-state index is 11.7. The predicted molar refractivity (Wildman–Crippen MR) is 88.2 cm³/mol. The molecule has 3 rings (SSSR count). The van der Waals surface area contributed by atoms with E-state index < -0.39 is 5.60 Å². The molecule has 2 N–H and O–H groups in total. The van der Waals surface area contributed by atoms with Crippen LogP contribution in [0.5, 0.6) is 0 Å². The Bertz CT molecular complexity index is 557. The number of aromatic amines is 1. The fourth-order valence-electron chi connectivity index (χ4n) is 3.69. The maximum Gasteiger partial charge on any atom is 0.407 e. The van der Waals surface area contributed by atoms with Gasteiger partial charge in [0, 0.05) is 31.7 Å². The van der Waals surface area contributed by atoms with Gasteiger partial charge in [0.05, 0.1) is 17.6 Å². The van der Waals surface area contributed by atoms with E-state index in [1.807, 2.05) is 27.1 Å². The van der Waals surface area contributed by atoms with Gasteiger partial charge in [-0.25, -0.2) is 9.78 Å². The molecular formula is C17H28N4O2. The van der Waals surface area contributed by atoms with E-state index in [2.05, 4.69) is 20.2 Å². The Kier molecular flexibility index (Phi) is 4.36. The van der Waals surface area contributed by atoms with Gasteiger partial charge in [0.2, 0.25) is 0 Å². The normalized spacial score (nSPS) is 20.0. The van der Waals surface area contributed by atoms with Crippen LogP contribution >= 0.6 is 0 Å². The van der Waals surface area contributed by atoms with Crippen LogP contribution < -0.4 is 5.32 Å². The molecule has 0 bridgehead atoms. The molecule has 23 heavy (non-hydrogen) atoms. The number of amides is 1. The molecule has 6 nitrogen and oxygen atoms in total. The summed E-state index contributed by atoms with van der Waals surface area (Å²) < 4.78 is 5.26. The Balaban J connectivity index is 1.49. The van der Waals surface area contributed by atoms with E-state index >= 15 is 0 Å². The molecule has 6 heteroatoms. The predicted octanol–water partition coefficient (Wildman–Crippen LogP) is 2.56. The van der Waals surface area contributed by atoms with Crippen LogP contribution in [0.15, 0.2) is 6.33 Å². The van der Waals surface area contributed by atoms with Gasteiger partial charge in [0.25, 0.3) is 0 Å². The zero-order valence-corrected chi connectivity index (χ0v) is 14.4. The number of carbonyl (C=O) groups is 1. The topological polar surface area (TPSA) is 70.2 Å². The molecule has 1 saturated carbocycles. The molecule has 1 amide bonds. The highest BCUT2D eigenvalue weighted by Gasteiger charge is 2.48. The third-order valence-corrected chi connectivity index (χ3v) is 4.85. The number of nitrogens with one attached hydrogen (secondary N) is 2. The molecule has 1 fully saturated rings. The lowest BCUT2D eigenvalue weighted by molar-refractivity contribution is -0.00248. The van der Waals surface area contributed by atoms with Crippen molar-refractivity contribution in [3.05, 3.63) is 17.7 Å². The number of ether oxygens (including phenoxy) is 1. The van der Waals surface area contributed by atoms with Gasteiger partial charge in [0.1, 0.15) is 5.60 Å². The minimum Gasteiger partial charge on any atom is -0.444 e. The summed E-state index contributed by atoms with van der Waals surface area (Å²) in [5, 5.41) is 2.85. The van der Waals surface area contributed by atoms with Crippen molar-refractivity contribution in [2.45, 2.75) is 64.0 Å². The van der Waals surface area contributed by atoms with Crippen LogP contribution in [0.3, 0.4) is 0 Å². The standard InChI is InChI=1S/C17H28N4O2/c1-16(2,3)23-15(22)18-9-5-10-21-11-6-13-14(20-12-19-13)17(21)7-4-8-17/h12H,4-11H2,1-3H3,(H,18,22)(H,19,20). The third kappa shape index (κ3) is 3.37. The smallest absolute Gasteiger partial charge is 0.407 e. The zero-order valence-electron chi connectivity index (χ0n) is 14.4. The van der Waals surface area contributed by atoms with E-state index in [9.17, 15) is 4.79 Å². The average Bonchev–Trinajstić information content (AvgIpc) is 2.87. The third-order valence-electron chi connectivity index (χ3n) is 4.85. The van der Waals surface area contributed by atoms with Gasteiger partial charge in [-0.1, -0.05) is 0 Å². The summed E-state index contributed by atoms with van der Waals surface area (Å²) in [4.78, 5) is 22.1. The van der Waals surface area contributed by atoms with E-state index in [-0.39, 0.29) is 11.6 Å². The van der Waals surface area contributed by atoms with Gasteiger partial charge in [-0.3, -0.25) is 4.90 Å². The Morgan fingerprint density at radius 2 is 2.26 bits per heavy atom. The molecule has 0 atom stereocenters. The van der Waals surface area contributed by atoms with Crippen LogP contribution in [-0.4, -0.2) is 46.2 Å². The number of H-pyrrole nitrogens is 1. The fraction of sp³-hybridized carbons (Fsp3) is 0.765. The number of nitrogens with zero attached hydrogens (tertiary/aromatic N) is 2. The molecule has 0 unspecified atom stereocenters. The van der Waals surface area contributed by atoms with E-state index in [0.29, 0.717) is 6.54 Å². The van der Waals surface area contributed by atoms with E-state index in [4.69, 9.17) is 4.74 Å². The van der Waals surface area contributed by atoms with Gasteiger partial charge >= 0.3 is 6.09 Å². The molecule has 2 heterocycles. The number of hydrogen-bond donors (Lipinski definition) is 2. The number of hydrogen-bond acceptors (Lipinski definition) is 4. The van der Waals surface area contributed by atoms with E-state index in [0.717, 1.165) is 25.9 Å². The summed E-state index contributed by atoms with van der Waals surface area (Å²) in [5.74, 6) is 0. The minimum absolute atomic E-state index is 0.152.